The van der Waals surface area contributed by atoms with Crippen molar-refractivity contribution in [3.63, 3.8) is 0 Å². The first-order valence-electron chi connectivity index (χ1n) is 4.33. The number of carboxylic acid groups (broad SMARTS) is 1. The van der Waals surface area contributed by atoms with Crippen molar-refractivity contribution in [2.75, 3.05) is 0 Å². The number of carbonyl (C=O) groups is 2. The average Bonchev–Trinajstić information content (AvgIpc) is 2.01. The molecule has 0 unspecified atom stereocenters. The number of halogens is 3. The van der Waals surface area contributed by atoms with Crippen molar-refractivity contribution >= 4 is 11.9 Å². The first-order valence-corrected chi connectivity index (χ1v) is 4.33. The molecule has 0 heterocycles. The van der Waals surface area contributed by atoms with E-state index in [1.165, 1.54) is 0 Å². The van der Waals surface area contributed by atoms with E-state index in [0.29, 0.717) is 12.3 Å². The van der Waals surface area contributed by atoms with Gasteiger partial charge in [0.15, 0.2) is 0 Å². The second-order valence-electron chi connectivity index (χ2n) is 3.44. The molecule has 0 aromatic heterocycles. The molecule has 0 spiro atoms. The molecule has 0 bridgehead atoms. The van der Waals surface area contributed by atoms with E-state index in [-0.39, 0.29) is 0 Å². The molecule has 0 aromatic rings. The van der Waals surface area contributed by atoms with Gasteiger partial charge in [0.05, 0.1) is 6.04 Å². The molecule has 0 aliphatic heterocycles. The zero-order chi connectivity index (χ0) is 13.5. The van der Waals surface area contributed by atoms with Gasteiger partial charge in [-0.15, -0.1) is 0 Å². The van der Waals surface area contributed by atoms with Gasteiger partial charge in [-0.05, 0) is 12.3 Å². The number of primary amides is 1. The molecule has 0 fully saturated rings. The zero-order valence-corrected chi connectivity index (χ0v) is 8.91. The van der Waals surface area contributed by atoms with E-state index in [1.54, 1.807) is 0 Å². The van der Waals surface area contributed by atoms with Crippen LogP contribution in [0.3, 0.4) is 0 Å². The minimum Gasteiger partial charge on any atom is -0.475 e. The fourth-order valence-corrected chi connectivity index (χ4v) is 0.624. The fraction of sp³-hybridized carbons (Fsp3) is 0.750. The normalized spacial score (nSPS) is 12.7. The number of carbonyl (C=O) groups excluding carboxylic acids is 1. The van der Waals surface area contributed by atoms with Crippen LogP contribution in [0.1, 0.15) is 20.3 Å². The summed E-state index contributed by atoms with van der Waals surface area (Å²) in [7, 11) is 0. The van der Waals surface area contributed by atoms with Crippen LogP contribution in [0.25, 0.3) is 0 Å². The lowest BCUT2D eigenvalue weighted by Gasteiger charge is -2.08. The Morgan fingerprint density at radius 2 is 1.62 bits per heavy atom. The number of hydrogen-bond acceptors (Lipinski definition) is 3. The Labute approximate surface area is 90.6 Å². The van der Waals surface area contributed by atoms with Crippen LogP contribution in [0.2, 0.25) is 0 Å². The smallest absolute Gasteiger partial charge is 0.475 e. The first kappa shape index (κ1) is 17.1. The summed E-state index contributed by atoms with van der Waals surface area (Å²) in [4.78, 5) is 19.2. The Kier molecular flexibility index (Phi) is 7.53. The van der Waals surface area contributed by atoms with Crippen LogP contribution in [0.4, 0.5) is 13.2 Å². The van der Waals surface area contributed by atoms with Crippen molar-refractivity contribution in [1.29, 1.82) is 0 Å². The topological polar surface area (TPSA) is 106 Å². The fourth-order valence-electron chi connectivity index (χ4n) is 0.624. The van der Waals surface area contributed by atoms with Gasteiger partial charge in [0, 0.05) is 0 Å². The third kappa shape index (κ3) is 10.8. The molecule has 1 amide bonds. The van der Waals surface area contributed by atoms with Gasteiger partial charge in [0.1, 0.15) is 0 Å². The Morgan fingerprint density at radius 3 is 1.69 bits per heavy atom. The monoisotopic (exact) mass is 244 g/mol. The largest absolute Gasteiger partial charge is 0.490 e. The first-order chi connectivity index (χ1) is 6.98. The summed E-state index contributed by atoms with van der Waals surface area (Å²) in [6.07, 6.45) is -4.41. The van der Waals surface area contributed by atoms with E-state index >= 15 is 0 Å². The maximum absolute atomic E-state index is 10.6. The lowest BCUT2D eigenvalue weighted by Crippen LogP contribution is -2.37. The van der Waals surface area contributed by atoms with Gasteiger partial charge >= 0.3 is 12.1 Å². The van der Waals surface area contributed by atoms with E-state index in [9.17, 15) is 18.0 Å². The minimum atomic E-state index is -5.08. The molecule has 16 heavy (non-hydrogen) atoms. The third-order valence-electron chi connectivity index (χ3n) is 1.33. The van der Waals surface area contributed by atoms with Crippen LogP contribution in [0.15, 0.2) is 0 Å². The molecule has 96 valence electrons. The van der Waals surface area contributed by atoms with Gasteiger partial charge in [-0.1, -0.05) is 13.8 Å². The van der Waals surface area contributed by atoms with E-state index < -0.39 is 24.1 Å². The number of carboxylic acids is 1. The number of aliphatic carboxylic acids is 1. The Balaban J connectivity index is 0. The Hall–Kier alpha value is -1.31. The van der Waals surface area contributed by atoms with Crippen molar-refractivity contribution in [3.05, 3.63) is 0 Å². The molecule has 0 aliphatic carbocycles. The molecular weight excluding hydrogens is 229 g/mol. The second kappa shape index (κ2) is 7.04. The summed E-state index contributed by atoms with van der Waals surface area (Å²) in [5.74, 6) is -2.73. The van der Waals surface area contributed by atoms with Crippen LogP contribution in [0, 0.1) is 5.92 Å². The molecule has 0 saturated heterocycles. The average molecular weight is 244 g/mol. The van der Waals surface area contributed by atoms with E-state index in [0.717, 1.165) is 0 Å². The lowest BCUT2D eigenvalue weighted by molar-refractivity contribution is -0.192. The van der Waals surface area contributed by atoms with Crippen LogP contribution < -0.4 is 11.5 Å². The van der Waals surface area contributed by atoms with E-state index in [4.69, 9.17) is 21.4 Å². The third-order valence-corrected chi connectivity index (χ3v) is 1.33. The minimum absolute atomic E-state index is 0.413. The summed E-state index contributed by atoms with van der Waals surface area (Å²) in [5.41, 5.74) is 10.3. The highest BCUT2D eigenvalue weighted by atomic mass is 19.4. The summed E-state index contributed by atoms with van der Waals surface area (Å²) >= 11 is 0. The molecule has 0 aliphatic rings. The van der Waals surface area contributed by atoms with E-state index in [1.807, 2.05) is 13.8 Å². The maximum atomic E-state index is 10.6. The molecule has 1 atom stereocenters. The van der Waals surface area contributed by atoms with Crippen LogP contribution in [-0.4, -0.2) is 29.2 Å². The molecule has 0 rings (SSSR count). The van der Waals surface area contributed by atoms with Crippen LogP contribution in [-0.2, 0) is 9.59 Å². The molecule has 5 nitrogen and oxygen atoms in total. The van der Waals surface area contributed by atoms with Crippen molar-refractivity contribution < 1.29 is 27.9 Å². The van der Waals surface area contributed by atoms with Crippen LogP contribution in [0.5, 0.6) is 0 Å². The van der Waals surface area contributed by atoms with Crippen molar-refractivity contribution in [2.45, 2.75) is 32.5 Å². The zero-order valence-electron chi connectivity index (χ0n) is 8.91. The molecule has 0 aromatic carbocycles. The van der Waals surface area contributed by atoms with Gasteiger partial charge in [0.2, 0.25) is 5.91 Å². The molecular formula is C8H15F3N2O3. The Morgan fingerprint density at radius 1 is 1.31 bits per heavy atom. The number of hydrogen-bond donors (Lipinski definition) is 3. The quantitative estimate of drug-likeness (QED) is 0.671. The lowest BCUT2D eigenvalue weighted by atomic mass is 10.0. The summed E-state index contributed by atoms with van der Waals surface area (Å²) in [5, 5.41) is 7.12. The predicted molar refractivity (Wildman–Crippen MR) is 50.3 cm³/mol. The van der Waals surface area contributed by atoms with E-state index in [2.05, 4.69) is 0 Å². The highest BCUT2D eigenvalue weighted by Crippen LogP contribution is 2.13. The number of nitrogens with two attached hydrogens (primary N) is 2. The summed E-state index contributed by atoms with van der Waals surface area (Å²) in [6.45, 7) is 4.01. The molecule has 5 N–H and O–H groups in total. The van der Waals surface area contributed by atoms with Gasteiger partial charge in [0.25, 0.3) is 0 Å². The summed E-state index contributed by atoms with van der Waals surface area (Å²) in [6, 6.07) is -0.468. The Bertz CT molecular complexity index is 241. The van der Waals surface area contributed by atoms with Gasteiger partial charge in [-0.3, -0.25) is 4.79 Å². The number of amides is 1. The highest BCUT2D eigenvalue weighted by molar-refractivity contribution is 5.79. The number of alkyl halides is 3. The molecule has 8 heteroatoms. The van der Waals surface area contributed by atoms with Crippen LogP contribution >= 0.6 is 0 Å². The molecule has 0 saturated carbocycles. The van der Waals surface area contributed by atoms with Crippen molar-refractivity contribution in [1.82, 2.24) is 0 Å². The predicted octanol–water partition coefficient (Wildman–Crippen LogP) is 0.478. The highest BCUT2D eigenvalue weighted by Gasteiger charge is 2.38. The van der Waals surface area contributed by atoms with Crippen molar-refractivity contribution in [3.8, 4) is 0 Å². The van der Waals surface area contributed by atoms with Gasteiger partial charge in [-0.25, -0.2) is 4.79 Å². The second-order valence-corrected chi connectivity index (χ2v) is 3.44. The summed E-state index contributed by atoms with van der Waals surface area (Å²) < 4.78 is 31.7. The standard InChI is InChI=1S/C6H14N2O.C2HF3O2/c1-4(2)3-5(7)6(8)9;3-2(4,5)1(6)7/h4-5H,3,7H2,1-2H3,(H2,8,9);(H,6,7)/t5-;/m0./s1. The molecule has 0 radical (unpaired) electrons. The maximum Gasteiger partial charge on any atom is 0.490 e. The number of rotatable bonds is 3. The van der Waals surface area contributed by atoms with Crippen molar-refractivity contribution in [2.24, 2.45) is 17.4 Å². The SMILES string of the molecule is CC(C)C[C@H](N)C(N)=O.O=C(O)C(F)(F)F. The van der Waals surface area contributed by atoms with Gasteiger partial charge < -0.3 is 16.6 Å². The van der Waals surface area contributed by atoms with Gasteiger partial charge in [-0.2, -0.15) is 13.2 Å².